The number of aromatic hydroxyl groups is 1. The number of hydrogen-bond donors (Lipinski definition) is 3. The van der Waals surface area contributed by atoms with Crippen molar-refractivity contribution in [3.05, 3.63) is 33.1 Å². The van der Waals surface area contributed by atoms with Crippen LogP contribution >= 0.6 is 11.6 Å². The molecular weight excluding hydrogens is 386 g/mol. The predicted molar refractivity (Wildman–Crippen MR) is 105 cm³/mol. The minimum Gasteiger partial charge on any atom is -0.506 e. The first-order valence-corrected chi connectivity index (χ1v) is 9.73. The minimum atomic E-state index is -1.30. The molecule has 0 amide bonds. The molecule has 1 saturated heterocycles. The number of piperidine rings is 1. The molecule has 8 nitrogen and oxygen atoms in total. The summed E-state index contributed by atoms with van der Waals surface area (Å²) in [7, 11) is 0. The van der Waals surface area contributed by atoms with Gasteiger partial charge in [-0.2, -0.15) is 0 Å². The zero-order chi connectivity index (χ0) is 20.0. The van der Waals surface area contributed by atoms with Crippen LogP contribution in [-0.4, -0.2) is 40.3 Å². The third-order valence-electron chi connectivity index (χ3n) is 5.40. The number of anilines is 1. The van der Waals surface area contributed by atoms with E-state index in [9.17, 15) is 19.8 Å². The lowest BCUT2D eigenvalue weighted by Crippen LogP contribution is -2.42. The van der Waals surface area contributed by atoms with Crippen molar-refractivity contribution in [1.82, 2.24) is 4.57 Å². The Morgan fingerprint density at radius 1 is 1.32 bits per heavy atom. The molecule has 2 aromatic rings. The van der Waals surface area contributed by atoms with Gasteiger partial charge in [-0.15, -0.1) is 0 Å². The van der Waals surface area contributed by atoms with Crippen molar-refractivity contribution >= 4 is 34.2 Å². The largest absolute Gasteiger partial charge is 0.506 e. The summed E-state index contributed by atoms with van der Waals surface area (Å²) >= 11 is 6.73. The van der Waals surface area contributed by atoms with Gasteiger partial charge in [-0.3, -0.25) is 4.79 Å². The Balaban J connectivity index is 1.97. The molecular formula is C19H22ClN3O5. The van der Waals surface area contributed by atoms with E-state index in [2.05, 4.69) is 0 Å². The molecule has 4 rings (SSSR count). The molecule has 1 aromatic heterocycles. The number of aromatic carboxylic acids is 1. The van der Waals surface area contributed by atoms with E-state index in [1.807, 2.05) is 4.90 Å². The van der Waals surface area contributed by atoms with Crippen molar-refractivity contribution in [3.63, 3.8) is 0 Å². The molecule has 1 atom stereocenters. The summed E-state index contributed by atoms with van der Waals surface area (Å²) in [5.74, 6) is -1.47. The first-order valence-electron chi connectivity index (χ1n) is 9.36. The van der Waals surface area contributed by atoms with Gasteiger partial charge in [-0.25, -0.2) is 4.79 Å². The number of carboxylic acids is 1. The zero-order valence-electron chi connectivity index (χ0n) is 15.2. The van der Waals surface area contributed by atoms with E-state index in [1.165, 1.54) is 12.3 Å². The quantitative estimate of drug-likeness (QED) is 0.652. The first kappa shape index (κ1) is 19.0. The SMILES string of the molecule is NCOC1CCCCN1c1c(O)cc2c(=O)c(C(=O)O)cn(C3CC3)c2c1Cl. The first-order chi connectivity index (χ1) is 13.4. The van der Waals surface area contributed by atoms with Crippen molar-refractivity contribution in [3.8, 4) is 5.75 Å². The lowest BCUT2D eigenvalue weighted by Gasteiger charge is -2.37. The molecule has 1 saturated carbocycles. The van der Waals surface area contributed by atoms with Crippen LogP contribution in [-0.2, 0) is 4.74 Å². The highest BCUT2D eigenvalue weighted by molar-refractivity contribution is 6.38. The highest BCUT2D eigenvalue weighted by atomic mass is 35.5. The third kappa shape index (κ3) is 3.11. The summed E-state index contributed by atoms with van der Waals surface area (Å²) in [6.45, 7) is 0.673. The van der Waals surface area contributed by atoms with Crippen molar-refractivity contribution in [1.29, 1.82) is 0 Å². The van der Waals surface area contributed by atoms with Gasteiger partial charge in [0.05, 0.1) is 22.7 Å². The number of rotatable bonds is 5. The summed E-state index contributed by atoms with van der Waals surface area (Å²) in [6.07, 6.45) is 5.44. The molecule has 1 aliphatic carbocycles. The number of pyridine rings is 1. The number of phenolic OH excluding ortho intramolecular Hbond substituents is 1. The molecule has 0 spiro atoms. The van der Waals surface area contributed by atoms with Gasteiger partial charge in [-0.05, 0) is 38.2 Å². The molecule has 0 radical (unpaired) electrons. The van der Waals surface area contributed by atoms with Gasteiger partial charge in [0, 0.05) is 18.8 Å². The number of ether oxygens (including phenoxy) is 1. The molecule has 0 bridgehead atoms. The van der Waals surface area contributed by atoms with E-state index in [4.69, 9.17) is 22.1 Å². The maximum Gasteiger partial charge on any atom is 0.341 e. The van der Waals surface area contributed by atoms with Crippen molar-refractivity contribution in [2.45, 2.75) is 44.4 Å². The van der Waals surface area contributed by atoms with Gasteiger partial charge in [0.1, 0.15) is 23.2 Å². The average molecular weight is 408 g/mol. The molecule has 9 heteroatoms. The summed E-state index contributed by atoms with van der Waals surface area (Å²) < 4.78 is 7.38. The number of hydrogen-bond acceptors (Lipinski definition) is 6. The fraction of sp³-hybridized carbons (Fsp3) is 0.474. The van der Waals surface area contributed by atoms with Crippen LogP contribution in [0.1, 0.15) is 48.5 Å². The minimum absolute atomic E-state index is 0.0435. The lowest BCUT2D eigenvalue weighted by atomic mass is 10.1. The van der Waals surface area contributed by atoms with Crippen LogP contribution in [0, 0.1) is 0 Å². The third-order valence-corrected chi connectivity index (χ3v) is 5.76. The topological polar surface area (TPSA) is 118 Å². The van der Waals surface area contributed by atoms with Crippen molar-refractivity contribution < 1.29 is 19.7 Å². The monoisotopic (exact) mass is 407 g/mol. The second kappa shape index (κ2) is 7.27. The number of phenols is 1. The van der Waals surface area contributed by atoms with Crippen LogP contribution in [0.4, 0.5) is 5.69 Å². The number of carboxylic acid groups (broad SMARTS) is 1. The number of nitrogens with zero attached hydrogens (tertiary/aromatic N) is 2. The maximum absolute atomic E-state index is 12.7. The maximum atomic E-state index is 12.7. The van der Waals surface area contributed by atoms with E-state index in [1.54, 1.807) is 4.57 Å². The fourth-order valence-corrected chi connectivity index (χ4v) is 4.36. The molecule has 4 N–H and O–H groups in total. The standard InChI is InChI=1S/C19H22ClN3O5/c20-15-16-11(18(25)12(19(26)27)8-23(16)10-4-5-10)7-13(24)17(15)22-6-2-1-3-14(22)28-9-21/h7-8,10,14,24H,1-6,9,21H2,(H,26,27). The Morgan fingerprint density at radius 2 is 2.07 bits per heavy atom. The normalized spacial score (nSPS) is 19.9. The van der Waals surface area contributed by atoms with Crippen LogP contribution < -0.4 is 16.1 Å². The molecule has 150 valence electrons. The van der Waals surface area contributed by atoms with E-state index in [0.717, 1.165) is 32.1 Å². The van der Waals surface area contributed by atoms with Gasteiger partial charge < -0.3 is 30.2 Å². The second-order valence-corrected chi connectivity index (χ2v) is 7.63. The van der Waals surface area contributed by atoms with Crippen LogP contribution in [0.3, 0.4) is 0 Å². The Bertz CT molecular complexity index is 999. The number of carbonyl (C=O) groups is 1. The Kier molecular flexibility index (Phi) is 4.95. The predicted octanol–water partition coefficient (Wildman–Crippen LogP) is 2.64. The smallest absolute Gasteiger partial charge is 0.341 e. The van der Waals surface area contributed by atoms with Crippen LogP contribution in [0.2, 0.25) is 5.02 Å². The summed E-state index contributed by atoms with van der Waals surface area (Å²) in [4.78, 5) is 26.1. The van der Waals surface area contributed by atoms with Crippen molar-refractivity contribution in [2.24, 2.45) is 5.73 Å². The van der Waals surface area contributed by atoms with Gasteiger partial charge in [0.15, 0.2) is 0 Å². The molecule has 2 heterocycles. The van der Waals surface area contributed by atoms with E-state index in [0.29, 0.717) is 17.7 Å². The molecule has 2 fully saturated rings. The van der Waals surface area contributed by atoms with Gasteiger partial charge >= 0.3 is 5.97 Å². The number of aromatic nitrogens is 1. The summed E-state index contributed by atoms with van der Waals surface area (Å²) in [6, 6.07) is 1.41. The molecule has 28 heavy (non-hydrogen) atoms. The zero-order valence-corrected chi connectivity index (χ0v) is 16.0. The number of fused-ring (bicyclic) bond motifs is 1. The van der Waals surface area contributed by atoms with E-state index in [-0.39, 0.29) is 40.7 Å². The second-order valence-electron chi connectivity index (χ2n) is 7.25. The molecule has 2 aliphatic rings. The number of halogens is 1. The lowest BCUT2D eigenvalue weighted by molar-refractivity contribution is 0.0385. The van der Waals surface area contributed by atoms with Gasteiger partial charge in [-0.1, -0.05) is 11.6 Å². The van der Waals surface area contributed by atoms with Crippen LogP contribution in [0.15, 0.2) is 17.1 Å². The number of nitrogens with two attached hydrogens (primary N) is 1. The van der Waals surface area contributed by atoms with Crippen LogP contribution in [0.5, 0.6) is 5.75 Å². The van der Waals surface area contributed by atoms with Crippen molar-refractivity contribution in [2.75, 3.05) is 18.2 Å². The Labute approximate surface area is 166 Å². The van der Waals surface area contributed by atoms with E-state index < -0.39 is 11.4 Å². The molecule has 1 aromatic carbocycles. The van der Waals surface area contributed by atoms with Gasteiger partial charge in [0.2, 0.25) is 5.43 Å². The van der Waals surface area contributed by atoms with Crippen LogP contribution in [0.25, 0.3) is 10.9 Å². The Hall–Kier alpha value is -2.29. The number of benzene rings is 1. The molecule has 1 unspecified atom stereocenters. The molecule has 1 aliphatic heterocycles. The highest BCUT2D eigenvalue weighted by Gasteiger charge is 2.32. The summed E-state index contributed by atoms with van der Waals surface area (Å²) in [5.41, 5.74) is 5.41. The Morgan fingerprint density at radius 3 is 2.71 bits per heavy atom. The van der Waals surface area contributed by atoms with E-state index >= 15 is 0 Å². The summed E-state index contributed by atoms with van der Waals surface area (Å²) in [5, 5.41) is 20.4. The average Bonchev–Trinajstić information content (AvgIpc) is 3.49. The highest BCUT2D eigenvalue weighted by Crippen LogP contribution is 2.45. The fourth-order valence-electron chi connectivity index (χ4n) is 3.96. The van der Waals surface area contributed by atoms with Gasteiger partial charge in [0.25, 0.3) is 0 Å².